The van der Waals surface area contributed by atoms with E-state index in [1.165, 1.54) is 11.1 Å². The van der Waals surface area contributed by atoms with Crippen molar-refractivity contribution >= 4 is 0 Å². The van der Waals surface area contributed by atoms with E-state index < -0.39 is 0 Å². The third-order valence-electron chi connectivity index (χ3n) is 1.78. The summed E-state index contributed by atoms with van der Waals surface area (Å²) < 4.78 is 5.13. The van der Waals surface area contributed by atoms with Crippen molar-refractivity contribution < 1.29 is 4.74 Å². The monoisotopic (exact) mass is 134 g/mol. The zero-order valence-electron chi connectivity index (χ0n) is 6.00. The van der Waals surface area contributed by atoms with E-state index in [0.717, 1.165) is 6.61 Å². The van der Waals surface area contributed by atoms with Crippen LogP contribution in [-0.4, -0.2) is 6.61 Å². The summed E-state index contributed by atoms with van der Waals surface area (Å²) in [4.78, 5) is 0. The number of epoxide rings is 1. The summed E-state index contributed by atoms with van der Waals surface area (Å²) >= 11 is 0. The molecule has 0 aliphatic carbocycles. The molecule has 0 unspecified atom stereocenters. The van der Waals surface area contributed by atoms with Crippen LogP contribution in [0.1, 0.15) is 17.2 Å². The lowest BCUT2D eigenvalue weighted by Crippen LogP contribution is -1.79. The smallest absolute Gasteiger partial charge is 0.106 e. The zero-order valence-corrected chi connectivity index (χ0v) is 6.00. The Hall–Kier alpha value is -0.820. The van der Waals surface area contributed by atoms with Crippen molar-refractivity contribution in [2.24, 2.45) is 0 Å². The van der Waals surface area contributed by atoms with Crippen LogP contribution in [0, 0.1) is 6.92 Å². The quantitative estimate of drug-likeness (QED) is 0.535. The first-order valence-corrected chi connectivity index (χ1v) is 3.54. The van der Waals surface area contributed by atoms with Gasteiger partial charge in [-0.1, -0.05) is 29.8 Å². The molecule has 52 valence electrons. The summed E-state index contributed by atoms with van der Waals surface area (Å²) in [5, 5.41) is 0. The highest BCUT2D eigenvalue weighted by Crippen LogP contribution is 2.29. The highest BCUT2D eigenvalue weighted by molar-refractivity contribution is 5.24. The Labute approximate surface area is 60.6 Å². The van der Waals surface area contributed by atoms with Gasteiger partial charge in [0, 0.05) is 0 Å². The Morgan fingerprint density at radius 1 is 1.30 bits per heavy atom. The molecule has 10 heavy (non-hydrogen) atoms. The summed E-state index contributed by atoms with van der Waals surface area (Å²) in [5.74, 6) is 0. The molecular formula is C9H10O. The average Bonchev–Trinajstić information content (AvgIpc) is 2.71. The van der Waals surface area contributed by atoms with Gasteiger partial charge in [-0.25, -0.2) is 0 Å². The van der Waals surface area contributed by atoms with Crippen LogP contribution in [-0.2, 0) is 4.74 Å². The molecule has 0 saturated carbocycles. The van der Waals surface area contributed by atoms with E-state index in [-0.39, 0.29) is 0 Å². The van der Waals surface area contributed by atoms with E-state index in [1.54, 1.807) is 0 Å². The lowest BCUT2D eigenvalue weighted by atomic mass is 10.1. The van der Waals surface area contributed by atoms with Crippen LogP contribution in [0.2, 0.25) is 0 Å². The normalized spacial score (nSPS) is 22.7. The summed E-state index contributed by atoms with van der Waals surface area (Å²) in [6.07, 6.45) is 0.403. The van der Waals surface area contributed by atoms with Crippen LogP contribution in [0.25, 0.3) is 0 Å². The number of benzene rings is 1. The van der Waals surface area contributed by atoms with Gasteiger partial charge in [-0.2, -0.15) is 0 Å². The van der Waals surface area contributed by atoms with Gasteiger partial charge in [-0.05, 0) is 12.5 Å². The first-order chi connectivity index (χ1) is 4.86. The number of rotatable bonds is 1. The van der Waals surface area contributed by atoms with Crippen molar-refractivity contribution in [3.05, 3.63) is 35.4 Å². The summed E-state index contributed by atoms with van der Waals surface area (Å²) in [5.41, 5.74) is 2.62. The highest BCUT2D eigenvalue weighted by Gasteiger charge is 2.23. The molecule has 0 bridgehead atoms. The van der Waals surface area contributed by atoms with Crippen LogP contribution in [0.4, 0.5) is 0 Å². The van der Waals surface area contributed by atoms with Crippen molar-refractivity contribution in [3.63, 3.8) is 0 Å². The van der Waals surface area contributed by atoms with Gasteiger partial charge >= 0.3 is 0 Å². The summed E-state index contributed by atoms with van der Waals surface area (Å²) in [7, 11) is 0. The summed E-state index contributed by atoms with van der Waals surface area (Å²) in [6, 6.07) is 8.51. The van der Waals surface area contributed by atoms with Crippen LogP contribution in [0.15, 0.2) is 24.3 Å². The van der Waals surface area contributed by atoms with Gasteiger partial charge < -0.3 is 4.74 Å². The first kappa shape index (κ1) is 5.93. The van der Waals surface area contributed by atoms with E-state index in [4.69, 9.17) is 4.74 Å². The fourth-order valence-electron chi connectivity index (χ4n) is 1.02. The molecule has 1 aromatic rings. The minimum absolute atomic E-state index is 0.403. The molecule has 1 atom stereocenters. The molecule has 1 saturated heterocycles. The Bertz CT molecular complexity index is 221. The zero-order chi connectivity index (χ0) is 6.97. The van der Waals surface area contributed by atoms with Gasteiger partial charge in [-0.3, -0.25) is 0 Å². The molecule has 1 heteroatoms. The SMILES string of the molecule is Cc1ccc([C@@H]2CO2)cc1. The number of hydrogen-bond donors (Lipinski definition) is 0. The van der Waals surface area contributed by atoms with E-state index >= 15 is 0 Å². The highest BCUT2D eigenvalue weighted by atomic mass is 16.6. The van der Waals surface area contributed by atoms with E-state index in [2.05, 4.69) is 31.2 Å². The molecule has 1 aliphatic rings. The number of hydrogen-bond acceptors (Lipinski definition) is 1. The largest absolute Gasteiger partial charge is 0.368 e. The number of aryl methyl sites for hydroxylation is 1. The van der Waals surface area contributed by atoms with Crippen molar-refractivity contribution in [2.75, 3.05) is 6.61 Å². The van der Waals surface area contributed by atoms with Crippen LogP contribution in [0.3, 0.4) is 0 Å². The minimum atomic E-state index is 0.403. The first-order valence-electron chi connectivity index (χ1n) is 3.54. The topological polar surface area (TPSA) is 12.5 Å². The Kier molecular flexibility index (Phi) is 1.24. The molecule has 0 amide bonds. The third kappa shape index (κ3) is 1.05. The maximum Gasteiger partial charge on any atom is 0.106 e. The Morgan fingerprint density at radius 3 is 2.40 bits per heavy atom. The number of ether oxygens (including phenoxy) is 1. The van der Waals surface area contributed by atoms with Crippen LogP contribution >= 0.6 is 0 Å². The van der Waals surface area contributed by atoms with E-state index in [1.807, 2.05) is 0 Å². The fraction of sp³-hybridized carbons (Fsp3) is 0.333. The second-order valence-electron chi connectivity index (χ2n) is 2.73. The second-order valence-corrected chi connectivity index (χ2v) is 2.73. The minimum Gasteiger partial charge on any atom is -0.368 e. The van der Waals surface area contributed by atoms with Gasteiger partial charge in [0.05, 0.1) is 6.61 Å². The van der Waals surface area contributed by atoms with Gasteiger partial charge in [0.1, 0.15) is 6.10 Å². The van der Waals surface area contributed by atoms with Crippen molar-refractivity contribution in [3.8, 4) is 0 Å². The third-order valence-corrected chi connectivity index (χ3v) is 1.78. The van der Waals surface area contributed by atoms with Crippen molar-refractivity contribution in [1.82, 2.24) is 0 Å². The van der Waals surface area contributed by atoms with Gasteiger partial charge in [0.25, 0.3) is 0 Å². The predicted molar refractivity (Wildman–Crippen MR) is 39.9 cm³/mol. The molecule has 0 radical (unpaired) electrons. The average molecular weight is 134 g/mol. The van der Waals surface area contributed by atoms with Crippen LogP contribution < -0.4 is 0 Å². The predicted octanol–water partition coefficient (Wildman–Crippen LogP) is 2.07. The lowest BCUT2D eigenvalue weighted by molar-refractivity contribution is 0.415. The fourth-order valence-corrected chi connectivity index (χ4v) is 1.02. The molecule has 1 heterocycles. The lowest BCUT2D eigenvalue weighted by Gasteiger charge is -1.94. The maximum atomic E-state index is 5.13. The van der Waals surface area contributed by atoms with E-state index in [9.17, 15) is 0 Å². The van der Waals surface area contributed by atoms with Crippen molar-refractivity contribution in [2.45, 2.75) is 13.0 Å². The molecular weight excluding hydrogens is 124 g/mol. The molecule has 2 rings (SSSR count). The summed E-state index contributed by atoms with van der Waals surface area (Å²) in [6.45, 7) is 3.00. The molecule has 1 fully saturated rings. The van der Waals surface area contributed by atoms with Gasteiger partial charge in [0.2, 0.25) is 0 Å². The van der Waals surface area contributed by atoms with Gasteiger partial charge in [0.15, 0.2) is 0 Å². The second kappa shape index (κ2) is 2.10. The molecule has 1 aliphatic heterocycles. The molecule has 0 spiro atoms. The van der Waals surface area contributed by atoms with Crippen LogP contribution in [0.5, 0.6) is 0 Å². The molecule has 1 aromatic carbocycles. The molecule has 0 aromatic heterocycles. The molecule has 1 nitrogen and oxygen atoms in total. The maximum absolute atomic E-state index is 5.13. The standard InChI is InChI=1S/C9H10O/c1-7-2-4-8(5-3-7)9-6-10-9/h2-5,9H,6H2,1H3/t9-/m0/s1. The Balaban J connectivity index is 2.28. The molecule has 0 N–H and O–H groups in total. The Morgan fingerprint density at radius 2 is 1.90 bits per heavy atom. The van der Waals surface area contributed by atoms with E-state index in [0.29, 0.717) is 6.10 Å². The van der Waals surface area contributed by atoms with Gasteiger partial charge in [-0.15, -0.1) is 0 Å². The van der Waals surface area contributed by atoms with Crippen molar-refractivity contribution in [1.29, 1.82) is 0 Å².